The number of para-hydroxylation sites is 1. The first kappa shape index (κ1) is 23.1. The molecule has 0 aromatic heterocycles. The zero-order valence-electron chi connectivity index (χ0n) is 19.2. The lowest BCUT2D eigenvalue weighted by Crippen LogP contribution is -2.56. The molecule has 2 saturated heterocycles. The van der Waals surface area contributed by atoms with Crippen molar-refractivity contribution in [2.75, 3.05) is 19.7 Å². The van der Waals surface area contributed by atoms with Gasteiger partial charge in [0.2, 0.25) is 0 Å². The Hall–Kier alpha value is -3.06. The van der Waals surface area contributed by atoms with E-state index in [9.17, 15) is 14.7 Å². The van der Waals surface area contributed by atoms with E-state index < -0.39 is 5.54 Å². The van der Waals surface area contributed by atoms with E-state index >= 15 is 0 Å². The Morgan fingerprint density at radius 3 is 2.52 bits per heavy atom. The van der Waals surface area contributed by atoms with Crippen molar-refractivity contribution in [3.8, 4) is 11.5 Å². The van der Waals surface area contributed by atoms with Crippen LogP contribution in [0.15, 0.2) is 48.5 Å². The second-order valence-corrected chi connectivity index (χ2v) is 8.97. The third kappa shape index (κ3) is 5.14. The van der Waals surface area contributed by atoms with Crippen LogP contribution in [0.25, 0.3) is 0 Å². The number of aryl methyl sites for hydroxylation is 1. The first-order valence-corrected chi connectivity index (χ1v) is 11.9. The number of rotatable bonds is 9. The van der Waals surface area contributed by atoms with Crippen LogP contribution < -0.4 is 15.4 Å². The molecule has 3 amide bonds. The van der Waals surface area contributed by atoms with E-state index in [1.807, 2.05) is 37.3 Å². The molecule has 2 aromatic carbocycles. The highest BCUT2D eigenvalue weighted by Crippen LogP contribution is 2.36. The summed E-state index contributed by atoms with van der Waals surface area (Å²) in [6.07, 6.45) is 3.95. The molecule has 3 N–H and O–H groups in total. The van der Waals surface area contributed by atoms with Crippen molar-refractivity contribution >= 4 is 11.9 Å². The van der Waals surface area contributed by atoms with E-state index in [0.29, 0.717) is 25.3 Å². The maximum atomic E-state index is 12.9. The summed E-state index contributed by atoms with van der Waals surface area (Å²) in [4.78, 5) is 27.3. The van der Waals surface area contributed by atoms with Gasteiger partial charge in [0.05, 0.1) is 6.61 Å². The Morgan fingerprint density at radius 2 is 1.85 bits per heavy atom. The van der Waals surface area contributed by atoms with E-state index in [0.717, 1.165) is 44.3 Å². The van der Waals surface area contributed by atoms with E-state index in [4.69, 9.17) is 4.74 Å². The molecular weight excluding hydrogens is 418 g/mol. The van der Waals surface area contributed by atoms with Gasteiger partial charge >= 0.3 is 6.03 Å². The average Bonchev–Trinajstić information content (AvgIpc) is 3.11. The van der Waals surface area contributed by atoms with Gasteiger partial charge in [-0.1, -0.05) is 42.5 Å². The van der Waals surface area contributed by atoms with Crippen LogP contribution in [0.3, 0.4) is 0 Å². The Labute approximate surface area is 195 Å². The molecule has 2 aromatic rings. The molecule has 2 fully saturated rings. The highest BCUT2D eigenvalue weighted by molar-refractivity contribution is 6.07. The SMILES string of the molecule is CCOc1cccc(CN2CCC([C@@]3(CCCc4ccccc4)NC(=O)NC3=O)CC2)c1O. The van der Waals surface area contributed by atoms with Gasteiger partial charge in [0.25, 0.3) is 5.91 Å². The van der Waals surface area contributed by atoms with Crippen molar-refractivity contribution in [3.05, 3.63) is 59.7 Å². The molecule has 176 valence electrons. The summed E-state index contributed by atoms with van der Waals surface area (Å²) in [6, 6.07) is 15.4. The number of carbonyl (C=O) groups excluding carboxylic acids is 2. The number of hydrogen-bond acceptors (Lipinski definition) is 5. The molecule has 33 heavy (non-hydrogen) atoms. The van der Waals surface area contributed by atoms with Gasteiger partial charge in [0, 0.05) is 12.1 Å². The molecule has 4 rings (SSSR count). The number of aromatic hydroxyl groups is 1. The molecule has 2 aliphatic heterocycles. The van der Waals surface area contributed by atoms with Gasteiger partial charge in [-0.3, -0.25) is 15.0 Å². The van der Waals surface area contributed by atoms with Crippen LogP contribution in [0.5, 0.6) is 11.5 Å². The van der Waals surface area contributed by atoms with Gasteiger partial charge in [0.15, 0.2) is 11.5 Å². The number of carbonyl (C=O) groups is 2. The number of phenols is 1. The number of imide groups is 1. The predicted octanol–water partition coefficient (Wildman–Crippen LogP) is 3.60. The normalized spacial score (nSPS) is 21.6. The average molecular weight is 452 g/mol. The molecule has 0 saturated carbocycles. The molecule has 0 unspecified atom stereocenters. The first-order valence-electron chi connectivity index (χ1n) is 11.9. The zero-order chi connectivity index (χ0) is 23.3. The van der Waals surface area contributed by atoms with Crippen LogP contribution in [0.2, 0.25) is 0 Å². The number of hydrogen-bond donors (Lipinski definition) is 3. The van der Waals surface area contributed by atoms with Gasteiger partial charge in [-0.15, -0.1) is 0 Å². The summed E-state index contributed by atoms with van der Waals surface area (Å²) in [5.41, 5.74) is 1.24. The highest BCUT2D eigenvalue weighted by atomic mass is 16.5. The summed E-state index contributed by atoms with van der Waals surface area (Å²) >= 11 is 0. The second kappa shape index (κ2) is 10.3. The molecule has 7 nitrogen and oxygen atoms in total. The number of likely N-dealkylation sites (tertiary alicyclic amines) is 1. The molecule has 1 atom stereocenters. The zero-order valence-corrected chi connectivity index (χ0v) is 19.2. The molecule has 2 aliphatic rings. The first-order chi connectivity index (χ1) is 16.0. The Bertz CT molecular complexity index is 973. The number of nitrogens with zero attached hydrogens (tertiary/aromatic N) is 1. The van der Waals surface area contributed by atoms with Crippen LogP contribution >= 0.6 is 0 Å². The Kier molecular flexibility index (Phi) is 7.18. The monoisotopic (exact) mass is 451 g/mol. The molecule has 2 heterocycles. The fourth-order valence-corrected chi connectivity index (χ4v) is 5.18. The van der Waals surface area contributed by atoms with Crippen molar-refractivity contribution in [1.29, 1.82) is 0 Å². The topological polar surface area (TPSA) is 90.9 Å². The lowest BCUT2D eigenvalue weighted by Gasteiger charge is -2.40. The van der Waals surface area contributed by atoms with Crippen molar-refractivity contribution in [2.24, 2.45) is 5.92 Å². The minimum absolute atomic E-state index is 0.0827. The third-order valence-electron chi connectivity index (χ3n) is 6.91. The molecule has 0 aliphatic carbocycles. The second-order valence-electron chi connectivity index (χ2n) is 8.97. The molecule has 0 radical (unpaired) electrons. The number of piperidine rings is 1. The van der Waals surface area contributed by atoms with Gasteiger partial charge in [-0.25, -0.2) is 4.79 Å². The smallest absolute Gasteiger partial charge is 0.322 e. The van der Waals surface area contributed by atoms with Gasteiger partial charge in [0.1, 0.15) is 5.54 Å². The third-order valence-corrected chi connectivity index (χ3v) is 6.91. The van der Waals surface area contributed by atoms with Gasteiger partial charge in [-0.05, 0) is 69.7 Å². The van der Waals surface area contributed by atoms with Gasteiger partial charge in [-0.2, -0.15) is 0 Å². The minimum Gasteiger partial charge on any atom is -0.504 e. The summed E-state index contributed by atoms with van der Waals surface area (Å²) in [5, 5.41) is 16.0. The lowest BCUT2D eigenvalue weighted by molar-refractivity contribution is -0.127. The van der Waals surface area contributed by atoms with Crippen LogP contribution in [0.4, 0.5) is 4.79 Å². The van der Waals surface area contributed by atoms with Crippen LogP contribution in [-0.4, -0.2) is 47.2 Å². The maximum Gasteiger partial charge on any atom is 0.322 e. The van der Waals surface area contributed by atoms with Crippen LogP contribution in [-0.2, 0) is 17.8 Å². The number of amides is 3. The number of benzene rings is 2. The molecule has 7 heteroatoms. The van der Waals surface area contributed by atoms with Crippen LogP contribution in [0, 0.1) is 5.92 Å². The fraction of sp³-hybridized carbons (Fsp3) is 0.462. The van der Waals surface area contributed by atoms with Crippen molar-refractivity contribution in [1.82, 2.24) is 15.5 Å². The Balaban J connectivity index is 1.39. The van der Waals surface area contributed by atoms with Crippen molar-refractivity contribution < 1.29 is 19.4 Å². The molecular formula is C26H33N3O4. The van der Waals surface area contributed by atoms with E-state index in [2.05, 4.69) is 27.7 Å². The summed E-state index contributed by atoms with van der Waals surface area (Å²) in [5.74, 6) is 0.592. The van der Waals surface area contributed by atoms with E-state index in [1.54, 1.807) is 6.07 Å². The molecule has 0 bridgehead atoms. The minimum atomic E-state index is -0.838. The number of urea groups is 1. The van der Waals surface area contributed by atoms with E-state index in [-0.39, 0.29) is 23.6 Å². The van der Waals surface area contributed by atoms with Crippen molar-refractivity contribution in [2.45, 2.75) is 51.1 Å². The van der Waals surface area contributed by atoms with E-state index in [1.165, 1.54) is 5.56 Å². The fourth-order valence-electron chi connectivity index (χ4n) is 5.18. The number of phenolic OH excluding ortho intramolecular Hbond substituents is 1. The standard InChI is InChI=1S/C26H33N3O4/c1-2-33-22-12-6-11-20(23(22)30)18-29-16-13-21(14-17-29)26(24(31)27-25(32)28-26)15-7-10-19-8-4-3-5-9-19/h3-6,8-9,11-12,21,30H,2,7,10,13-18H2,1H3,(H2,27,28,31,32)/t26-/m1/s1. The quantitative estimate of drug-likeness (QED) is 0.507. The maximum absolute atomic E-state index is 12.9. The number of ether oxygens (including phenoxy) is 1. The molecule has 0 spiro atoms. The summed E-state index contributed by atoms with van der Waals surface area (Å²) in [7, 11) is 0. The highest BCUT2D eigenvalue weighted by Gasteiger charge is 2.51. The van der Waals surface area contributed by atoms with Gasteiger partial charge < -0.3 is 15.2 Å². The Morgan fingerprint density at radius 1 is 1.09 bits per heavy atom. The summed E-state index contributed by atoms with van der Waals surface area (Å²) < 4.78 is 5.50. The van der Waals surface area contributed by atoms with Crippen molar-refractivity contribution in [3.63, 3.8) is 0 Å². The van der Waals surface area contributed by atoms with Crippen LogP contribution in [0.1, 0.15) is 43.7 Å². The lowest BCUT2D eigenvalue weighted by atomic mass is 9.74. The number of nitrogens with one attached hydrogen (secondary N) is 2. The summed E-state index contributed by atoms with van der Waals surface area (Å²) in [6.45, 7) is 4.62. The predicted molar refractivity (Wildman–Crippen MR) is 126 cm³/mol. The largest absolute Gasteiger partial charge is 0.504 e.